The third-order valence-corrected chi connectivity index (χ3v) is 1.33. The predicted molar refractivity (Wildman–Crippen MR) is 47.4 cm³/mol. The van der Waals surface area contributed by atoms with Gasteiger partial charge in [-0.05, 0) is 0 Å². The minimum absolute atomic E-state index is 0.782. The summed E-state index contributed by atoms with van der Waals surface area (Å²) in [5.41, 5.74) is 0. The Morgan fingerprint density at radius 1 is 0.722 bits per heavy atom. The van der Waals surface area contributed by atoms with Crippen LogP contribution in [0.2, 0.25) is 0 Å². The molecule has 0 aromatic rings. The molecule has 2 amide bonds. The van der Waals surface area contributed by atoms with E-state index in [-0.39, 0.29) is 0 Å². The molecule has 0 bridgehead atoms. The maximum atomic E-state index is 10.3. The molecule has 2 rings (SSSR count). The summed E-state index contributed by atoms with van der Waals surface area (Å²) in [6, 6.07) is 0. The number of rotatable bonds is 0. The minimum atomic E-state index is -1.06. The van der Waals surface area contributed by atoms with Gasteiger partial charge in [-0.2, -0.15) is 0 Å². The van der Waals surface area contributed by atoms with E-state index < -0.39 is 35.2 Å². The molecule has 0 atom stereocenters. The molecular formula is C6H2N6O6. The largest absolute Gasteiger partial charge is 0.344 e. The summed E-state index contributed by atoms with van der Waals surface area (Å²) in [6.07, 6.45) is 0. The van der Waals surface area contributed by atoms with Crippen LogP contribution in [0.1, 0.15) is 0 Å². The average molecular weight is 254 g/mol. The van der Waals surface area contributed by atoms with Gasteiger partial charge >= 0.3 is 23.4 Å². The summed E-state index contributed by atoms with van der Waals surface area (Å²) in [6.45, 7) is 0. The van der Waals surface area contributed by atoms with Crippen LogP contribution in [0.25, 0.3) is 0 Å². The second kappa shape index (κ2) is 5.24. The molecule has 18 heavy (non-hydrogen) atoms. The summed E-state index contributed by atoms with van der Waals surface area (Å²) in [7, 11) is 0. The molecule has 2 aliphatic rings. The SMILES string of the molecule is N=C1ON=NC(=O)C1=O.N=C1ON=NC(=O)C1=O. The number of hydrogen-bond acceptors (Lipinski definition) is 10. The van der Waals surface area contributed by atoms with Crippen LogP contribution >= 0.6 is 0 Å². The first kappa shape index (κ1) is 12.9. The van der Waals surface area contributed by atoms with Gasteiger partial charge < -0.3 is 9.68 Å². The van der Waals surface area contributed by atoms with Crippen LogP contribution in [0.15, 0.2) is 20.8 Å². The van der Waals surface area contributed by atoms with Gasteiger partial charge in [0.25, 0.3) is 11.8 Å². The molecule has 0 saturated heterocycles. The van der Waals surface area contributed by atoms with Crippen LogP contribution in [0.3, 0.4) is 0 Å². The Kier molecular flexibility index (Phi) is 3.75. The number of nitrogens with one attached hydrogen (secondary N) is 2. The Hall–Kier alpha value is -3.18. The Balaban J connectivity index is 0.000000180. The van der Waals surface area contributed by atoms with E-state index in [2.05, 4.69) is 30.5 Å². The van der Waals surface area contributed by atoms with Gasteiger partial charge in [0, 0.05) is 10.6 Å². The maximum absolute atomic E-state index is 10.3. The summed E-state index contributed by atoms with van der Waals surface area (Å²) in [4.78, 5) is 48.8. The Bertz CT molecular complexity index is 485. The zero-order valence-electron chi connectivity index (χ0n) is 8.24. The lowest BCUT2D eigenvalue weighted by Crippen LogP contribution is -2.25. The van der Waals surface area contributed by atoms with Gasteiger partial charge in [0.1, 0.15) is 0 Å². The van der Waals surface area contributed by atoms with Crippen molar-refractivity contribution in [1.82, 2.24) is 0 Å². The van der Waals surface area contributed by atoms with Gasteiger partial charge in [-0.1, -0.05) is 10.2 Å². The lowest BCUT2D eigenvalue weighted by Gasteiger charge is -1.97. The van der Waals surface area contributed by atoms with Gasteiger partial charge in [-0.15, -0.1) is 0 Å². The van der Waals surface area contributed by atoms with E-state index in [1.165, 1.54) is 0 Å². The highest BCUT2D eigenvalue weighted by Crippen LogP contribution is 1.95. The second-order valence-corrected chi connectivity index (χ2v) is 2.47. The van der Waals surface area contributed by atoms with Gasteiger partial charge in [0.2, 0.25) is 0 Å². The average Bonchev–Trinajstić information content (AvgIpc) is 2.34. The van der Waals surface area contributed by atoms with Crippen molar-refractivity contribution in [2.24, 2.45) is 20.8 Å². The third-order valence-electron chi connectivity index (χ3n) is 1.33. The fourth-order valence-electron chi connectivity index (χ4n) is 0.565. The molecule has 0 saturated carbocycles. The predicted octanol–water partition coefficient (Wildman–Crippen LogP) is -1.09. The summed E-state index contributed by atoms with van der Waals surface area (Å²) in [5, 5.41) is 24.1. The molecule has 0 aliphatic carbocycles. The molecule has 0 fully saturated rings. The lowest BCUT2D eigenvalue weighted by molar-refractivity contribution is -0.134. The van der Waals surface area contributed by atoms with Crippen molar-refractivity contribution in [3.8, 4) is 0 Å². The van der Waals surface area contributed by atoms with Crippen LogP contribution in [-0.4, -0.2) is 35.2 Å². The van der Waals surface area contributed by atoms with Crippen molar-refractivity contribution in [3.63, 3.8) is 0 Å². The number of ketones is 2. The van der Waals surface area contributed by atoms with Gasteiger partial charge in [0.15, 0.2) is 0 Å². The number of carbonyl (C=O) groups is 4. The second-order valence-electron chi connectivity index (χ2n) is 2.47. The summed E-state index contributed by atoms with van der Waals surface area (Å²) < 4.78 is 0. The van der Waals surface area contributed by atoms with Gasteiger partial charge in [0.05, 0.1) is 0 Å². The zero-order valence-corrected chi connectivity index (χ0v) is 8.24. The molecule has 2 aliphatic heterocycles. The van der Waals surface area contributed by atoms with E-state index in [4.69, 9.17) is 10.8 Å². The number of hydrogen-bond donors (Lipinski definition) is 2. The summed E-state index contributed by atoms with van der Waals surface area (Å²) in [5.74, 6) is -5.82. The molecule has 92 valence electrons. The smallest absolute Gasteiger partial charge is 0.314 e. The Labute approximate surface area is 96.6 Å². The molecular weight excluding hydrogens is 252 g/mol. The first-order chi connectivity index (χ1) is 8.43. The monoisotopic (exact) mass is 254 g/mol. The highest BCUT2D eigenvalue weighted by atomic mass is 16.7. The number of carbonyl (C=O) groups excluding carboxylic acids is 4. The van der Waals surface area contributed by atoms with E-state index in [0.29, 0.717) is 0 Å². The minimum Gasteiger partial charge on any atom is -0.314 e. The highest BCUT2D eigenvalue weighted by molar-refractivity contribution is 6.63. The van der Waals surface area contributed by atoms with Crippen molar-refractivity contribution < 1.29 is 28.9 Å². The van der Waals surface area contributed by atoms with Crippen molar-refractivity contribution in [2.75, 3.05) is 0 Å². The molecule has 0 aromatic heterocycles. The maximum Gasteiger partial charge on any atom is 0.344 e. The quantitative estimate of drug-likeness (QED) is 0.517. The van der Waals surface area contributed by atoms with Crippen LogP contribution in [0.5, 0.6) is 0 Å². The number of amides is 2. The standard InChI is InChI=1S/2C3HN3O3/c2*4-2-1(7)3(8)5-6-9-2/h2*4H. The van der Waals surface area contributed by atoms with Crippen molar-refractivity contribution in [3.05, 3.63) is 0 Å². The van der Waals surface area contributed by atoms with Gasteiger partial charge in [-0.3, -0.25) is 30.0 Å². The lowest BCUT2D eigenvalue weighted by atomic mass is 10.4. The molecule has 12 nitrogen and oxygen atoms in total. The fourth-order valence-corrected chi connectivity index (χ4v) is 0.565. The van der Waals surface area contributed by atoms with Crippen LogP contribution < -0.4 is 0 Å². The van der Waals surface area contributed by atoms with E-state index in [1.54, 1.807) is 0 Å². The number of Topliss-reactive ketones (excluding diaryl/α,β-unsaturated/α-hetero) is 2. The van der Waals surface area contributed by atoms with Crippen LogP contribution in [0.4, 0.5) is 0 Å². The topological polar surface area (TPSA) is 184 Å². The van der Waals surface area contributed by atoms with Crippen molar-refractivity contribution in [1.29, 1.82) is 10.8 Å². The molecule has 12 heteroatoms. The van der Waals surface area contributed by atoms with Crippen LogP contribution in [0, 0.1) is 10.8 Å². The molecule has 2 heterocycles. The van der Waals surface area contributed by atoms with Crippen LogP contribution in [-0.2, 0) is 28.9 Å². The Morgan fingerprint density at radius 3 is 1.28 bits per heavy atom. The molecule has 0 unspecified atom stereocenters. The molecule has 2 N–H and O–H groups in total. The normalized spacial score (nSPS) is 18.0. The van der Waals surface area contributed by atoms with E-state index in [0.717, 1.165) is 0 Å². The van der Waals surface area contributed by atoms with Crippen molar-refractivity contribution >= 4 is 35.2 Å². The Morgan fingerprint density at radius 2 is 1.06 bits per heavy atom. The van der Waals surface area contributed by atoms with E-state index in [1.807, 2.05) is 0 Å². The highest BCUT2D eigenvalue weighted by Gasteiger charge is 2.25. The molecule has 0 aromatic carbocycles. The first-order valence-corrected chi connectivity index (χ1v) is 3.94. The van der Waals surface area contributed by atoms with Gasteiger partial charge in [-0.25, -0.2) is 0 Å². The number of nitrogens with zero attached hydrogens (tertiary/aromatic N) is 4. The van der Waals surface area contributed by atoms with Crippen molar-refractivity contribution in [2.45, 2.75) is 0 Å². The van der Waals surface area contributed by atoms with E-state index in [9.17, 15) is 19.2 Å². The fraction of sp³-hybridized carbons (Fsp3) is 0. The first-order valence-electron chi connectivity index (χ1n) is 3.94. The zero-order chi connectivity index (χ0) is 13.7. The summed E-state index contributed by atoms with van der Waals surface area (Å²) >= 11 is 0. The molecule has 0 spiro atoms. The third kappa shape index (κ3) is 2.91. The van der Waals surface area contributed by atoms with E-state index >= 15 is 0 Å². The molecule has 0 radical (unpaired) electrons.